The number of nitrogens with zero attached hydrogens (tertiary/aromatic N) is 1. The maximum atomic E-state index is 11.6. The van der Waals surface area contributed by atoms with Crippen LogP contribution in [0.3, 0.4) is 0 Å². The highest BCUT2D eigenvalue weighted by Crippen LogP contribution is 2.34. The van der Waals surface area contributed by atoms with Crippen LogP contribution >= 0.6 is 0 Å². The van der Waals surface area contributed by atoms with E-state index in [1.165, 1.54) is 0 Å². The molecule has 0 aromatic heterocycles. The number of ether oxygens (including phenoxy) is 1. The van der Waals surface area contributed by atoms with Crippen LogP contribution in [0.5, 0.6) is 5.75 Å². The number of benzene rings is 2. The van der Waals surface area contributed by atoms with Crippen LogP contribution in [0.1, 0.15) is 23.5 Å². The molecular weight excluding hydrogens is 250 g/mol. The van der Waals surface area contributed by atoms with E-state index < -0.39 is 5.78 Å². The predicted octanol–water partition coefficient (Wildman–Crippen LogP) is 3.31. The second-order valence-corrected chi connectivity index (χ2v) is 4.44. The average Bonchev–Trinajstić information content (AvgIpc) is 2.53. The van der Waals surface area contributed by atoms with Crippen molar-refractivity contribution in [3.8, 4) is 11.8 Å². The maximum absolute atomic E-state index is 11.6. The summed E-state index contributed by atoms with van der Waals surface area (Å²) in [7, 11) is 1.60. The first-order chi connectivity index (χ1) is 9.76. The van der Waals surface area contributed by atoms with Crippen LogP contribution in [-0.4, -0.2) is 12.9 Å². The van der Waals surface area contributed by atoms with Crippen molar-refractivity contribution in [2.24, 2.45) is 0 Å². The number of Topliss-reactive ketones (excluding diaryl/α,β-unsaturated/α-hetero) is 1. The third kappa shape index (κ3) is 3.04. The predicted molar refractivity (Wildman–Crippen MR) is 76.5 cm³/mol. The molecule has 0 amide bonds. The standard InChI is InChI=1S/C17H15NO2/c1-20-17-10-6-5-9-15(17)16(11-14(19)12-18)13-7-3-2-4-8-13/h2-10,16H,11H2,1H3. The minimum absolute atomic E-state index is 0.154. The minimum Gasteiger partial charge on any atom is -0.496 e. The molecule has 0 fully saturated rings. The molecule has 2 rings (SSSR count). The monoisotopic (exact) mass is 265 g/mol. The lowest BCUT2D eigenvalue weighted by atomic mass is 9.87. The summed E-state index contributed by atoms with van der Waals surface area (Å²) >= 11 is 0. The van der Waals surface area contributed by atoms with Crippen molar-refractivity contribution < 1.29 is 9.53 Å². The van der Waals surface area contributed by atoms with Crippen LogP contribution in [0.15, 0.2) is 54.6 Å². The van der Waals surface area contributed by atoms with Gasteiger partial charge in [-0.25, -0.2) is 0 Å². The molecule has 3 nitrogen and oxygen atoms in total. The largest absolute Gasteiger partial charge is 0.496 e. The number of para-hydroxylation sites is 1. The van der Waals surface area contributed by atoms with Gasteiger partial charge in [-0.2, -0.15) is 5.26 Å². The van der Waals surface area contributed by atoms with Gasteiger partial charge in [0.15, 0.2) is 0 Å². The molecule has 0 aliphatic rings. The minimum atomic E-state index is -0.426. The van der Waals surface area contributed by atoms with E-state index in [4.69, 9.17) is 10.00 Å². The number of methoxy groups -OCH3 is 1. The Kier molecular flexibility index (Phi) is 4.52. The van der Waals surface area contributed by atoms with Crippen LogP contribution in [0, 0.1) is 11.3 Å². The van der Waals surface area contributed by atoms with Crippen LogP contribution in [0.2, 0.25) is 0 Å². The molecule has 0 bridgehead atoms. The summed E-state index contributed by atoms with van der Waals surface area (Å²) < 4.78 is 5.37. The zero-order valence-corrected chi connectivity index (χ0v) is 11.2. The summed E-state index contributed by atoms with van der Waals surface area (Å²) in [4.78, 5) is 11.6. The van der Waals surface area contributed by atoms with Gasteiger partial charge in [-0.1, -0.05) is 48.5 Å². The smallest absolute Gasteiger partial charge is 0.232 e. The Labute approximate surface area is 118 Å². The second kappa shape index (κ2) is 6.53. The Hall–Kier alpha value is -2.60. The van der Waals surface area contributed by atoms with E-state index in [-0.39, 0.29) is 12.3 Å². The van der Waals surface area contributed by atoms with Gasteiger partial charge in [0.2, 0.25) is 5.78 Å². The van der Waals surface area contributed by atoms with Gasteiger partial charge in [0, 0.05) is 17.9 Å². The lowest BCUT2D eigenvalue weighted by molar-refractivity contribution is -0.114. The first kappa shape index (κ1) is 13.8. The normalized spacial score (nSPS) is 11.4. The van der Waals surface area contributed by atoms with Gasteiger partial charge in [0.25, 0.3) is 0 Å². The topological polar surface area (TPSA) is 50.1 Å². The SMILES string of the molecule is COc1ccccc1C(CC(=O)C#N)c1ccccc1. The number of carbonyl (C=O) groups is 1. The fourth-order valence-corrected chi connectivity index (χ4v) is 2.28. The summed E-state index contributed by atoms with van der Waals surface area (Å²) in [6.07, 6.45) is 0.154. The molecule has 3 heteroatoms. The molecule has 0 aliphatic heterocycles. The zero-order valence-electron chi connectivity index (χ0n) is 11.2. The molecule has 0 aliphatic carbocycles. The van der Waals surface area contributed by atoms with Crippen LogP contribution in [0.25, 0.3) is 0 Å². The van der Waals surface area contributed by atoms with Crippen molar-refractivity contribution in [1.82, 2.24) is 0 Å². The zero-order chi connectivity index (χ0) is 14.4. The molecule has 0 saturated carbocycles. The second-order valence-electron chi connectivity index (χ2n) is 4.44. The molecule has 0 heterocycles. The molecule has 2 aromatic carbocycles. The third-order valence-corrected chi connectivity index (χ3v) is 3.23. The Morgan fingerprint density at radius 2 is 1.80 bits per heavy atom. The quantitative estimate of drug-likeness (QED) is 0.779. The highest BCUT2D eigenvalue weighted by molar-refractivity contribution is 5.94. The lowest BCUT2D eigenvalue weighted by Crippen LogP contribution is -2.08. The van der Waals surface area contributed by atoms with Gasteiger partial charge in [-0.3, -0.25) is 4.79 Å². The van der Waals surface area contributed by atoms with Crippen molar-refractivity contribution in [3.05, 3.63) is 65.7 Å². The average molecular weight is 265 g/mol. The Morgan fingerprint density at radius 1 is 1.15 bits per heavy atom. The van der Waals surface area contributed by atoms with Crippen LogP contribution in [-0.2, 0) is 4.79 Å². The molecule has 0 radical (unpaired) electrons. The first-order valence-electron chi connectivity index (χ1n) is 6.37. The lowest BCUT2D eigenvalue weighted by Gasteiger charge is -2.18. The molecular formula is C17H15NO2. The summed E-state index contributed by atoms with van der Waals surface area (Å²) in [5.41, 5.74) is 1.92. The molecule has 20 heavy (non-hydrogen) atoms. The van der Waals surface area contributed by atoms with E-state index in [0.29, 0.717) is 0 Å². The molecule has 1 atom stereocenters. The van der Waals surface area contributed by atoms with E-state index in [1.807, 2.05) is 54.6 Å². The number of carbonyl (C=O) groups excluding carboxylic acids is 1. The van der Waals surface area contributed by atoms with Gasteiger partial charge in [0.05, 0.1) is 7.11 Å². The molecule has 2 aromatic rings. The highest BCUT2D eigenvalue weighted by atomic mass is 16.5. The fourth-order valence-electron chi connectivity index (χ4n) is 2.28. The summed E-state index contributed by atoms with van der Waals surface area (Å²) in [5.74, 6) is 0.136. The number of ketones is 1. The van der Waals surface area contributed by atoms with E-state index in [1.54, 1.807) is 13.2 Å². The molecule has 0 spiro atoms. The van der Waals surface area contributed by atoms with Crippen molar-refractivity contribution in [1.29, 1.82) is 5.26 Å². The summed E-state index contributed by atoms with van der Waals surface area (Å²) in [6, 6.07) is 19.0. The molecule has 1 unspecified atom stereocenters. The van der Waals surface area contributed by atoms with E-state index in [2.05, 4.69) is 0 Å². The van der Waals surface area contributed by atoms with Gasteiger partial charge in [0.1, 0.15) is 11.8 Å². The highest BCUT2D eigenvalue weighted by Gasteiger charge is 2.21. The van der Waals surface area contributed by atoms with Crippen molar-refractivity contribution in [2.45, 2.75) is 12.3 Å². The van der Waals surface area contributed by atoms with Gasteiger partial charge in [-0.05, 0) is 11.6 Å². The fraction of sp³-hybridized carbons (Fsp3) is 0.176. The Bertz CT molecular complexity index is 629. The molecule has 0 N–H and O–H groups in total. The van der Waals surface area contributed by atoms with Gasteiger partial charge >= 0.3 is 0 Å². The number of hydrogen-bond acceptors (Lipinski definition) is 3. The Balaban J connectivity index is 2.46. The number of nitriles is 1. The molecule has 0 saturated heterocycles. The van der Waals surface area contributed by atoms with E-state index in [9.17, 15) is 4.79 Å². The van der Waals surface area contributed by atoms with E-state index in [0.717, 1.165) is 16.9 Å². The van der Waals surface area contributed by atoms with Gasteiger partial charge in [-0.15, -0.1) is 0 Å². The van der Waals surface area contributed by atoms with Crippen molar-refractivity contribution in [2.75, 3.05) is 7.11 Å². The maximum Gasteiger partial charge on any atom is 0.232 e. The van der Waals surface area contributed by atoms with Gasteiger partial charge < -0.3 is 4.74 Å². The molecule has 100 valence electrons. The Morgan fingerprint density at radius 3 is 2.45 bits per heavy atom. The van der Waals surface area contributed by atoms with Crippen LogP contribution in [0.4, 0.5) is 0 Å². The first-order valence-corrected chi connectivity index (χ1v) is 6.37. The van der Waals surface area contributed by atoms with E-state index >= 15 is 0 Å². The summed E-state index contributed by atoms with van der Waals surface area (Å²) in [5, 5.41) is 8.77. The third-order valence-electron chi connectivity index (χ3n) is 3.23. The van der Waals surface area contributed by atoms with Crippen molar-refractivity contribution in [3.63, 3.8) is 0 Å². The number of rotatable bonds is 5. The van der Waals surface area contributed by atoms with Crippen LogP contribution < -0.4 is 4.74 Å². The van der Waals surface area contributed by atoms with Crippen molar-refractivity contribution >= 4 is 5.78 Å². The number of hydrogen-bond donors (Lipinski definition) is 0. The summed E-state index contributed by atoms with van der Waals surface area (Å²) in [6.45, 7) is 0.